The zero-order valence-electron chi connectivity index (χ0n) is 8.05. The molecule has 2 N–H and O–H groups in total. The molecule has 0 saturated carbocycles. The summed E-state index contributed by atoms with van der Waals surface area (Å²) >= 11 is 0. The normalized spacial score (nSPS) is 16.9. The van der Waals surface area contributed by atoms with Gasteiger partial charge in [-0.05, 0) is 27.9 Å². The van der Waals surface area contributed by atoms with Gasteiger partial charge in [-0.15, -0.1) is 0 Å². The predicted octanol–water partition coefficient (Wildman–Crippen LogP) is 0.302. The van der Waals surface area contributed by atoms with Gasteiger partial charge in [0.05, 0.1) is 12.1 Å². The molecule has 0 fully saturated rings. The van der Waals surface area contributed by atoms with Crippen LogP contribution in [0, 0.1) is 0 Å². The van der Waals surface area contributed by atoms with Crippen molar-refractivity contribution >= 4 is 0 Å². The highest BCUT2D eigenvalue weighted by molar-refractivity contribution is 4.83. The highest BCUT2D eigenvalue weighted by Crippen LogP contribution is 2.09. The van der Waals surface area contributed by atoms with Crippen LogP contribution < -0.4 is 5.73 Å². The maximum atomic E-state index is 5.63. The molecule has 0 aliphatic rings. The summed E-state index contributed by atoms with van der Waals surface area (Å²) in [6.07, 6.45) is 0. The van der Waals surface area contributed by atoms with E-state index < -0.39 is 0 Å². The summed E-state index contributed by atoms with van der Waals surface area (Å²) in [4.78, 5) is 2.10. The summed E-state index contributed by atoms with van der Waals surface area (Å²) in [6, 6.07) is 0. The Morgan fingerprint density at radius 1 is 1.45 bits per heavy atom. The van der Waals surface area contributed by atoms with Crippen LogP contribution in [0.3, 0.4) is 0 Å². The summed E-state index contributed by atoms with van der Waals surface area (Å²) in [5.74, 6) is 0. The fourth-order valence-corrected chi connectivity index (χ4v) is 0.693. The van der Waals surface area contributed by atoms with Crippen LogP contribution in [0.1, 0.15) is 13.8 Å². The van der Waals surface area contributed by atoms with Crippen LogP contribution in [-0.4, -0.2) is 44.3 Å². The molecule has 1 unspecified atom stereocenters. The fourth-order valence-electron chi connectivity index (χ4n) is 0.693. The minimum Gasteiger partial charge on any atom is -0.380 e. The zero-order valence-corrected chi connectivity index (χ0v) is 8.05. The molecular formula is C8H20N2O. The van der Waals surface area contributed by atoms with E-state index in [9.17, 15) is 0 Å². The van der Waals surface area contributed by atoms with Crippen molar-refractivity contribution in [2.45, 2.75) is 19.4 Å². The van der Waals surface area contributed by atoms with Gasteiger partial charge in [0.2, 0.25) is 0 Å². The van der Waals surface area contributed by atoms with Crippen molar-refractivity contribution in [1.29, 1.82) is 0 Å². The summed E-state index contributed by atoms with van der Waals surface area (Å²) < 4.78 is 5.33. The standard InChI is InChI=1S/C8H20N2O/c1-5-11-7-8(2,6-9)10(3)4/h5-7,9H2,1-4H3. The van der Waals surface area contributed by atoms with Crippen LogP contribution in [0.25, 0.3) is 0 Å². The minimum absolute atomic E-state index is 0.0178. The molecular weight excluding hydrogens is 140 g/mol. The van der Waals surface area contributed by atoms with Gasteiger partial charge >= 0.3 is 0 Å². The van der Waals surface area contributed by atoms with Crippen molar-refractivity contribution in [2.24, 2.45) is 5.73 Å². The molecule has 0 amide bonds. The van der Waals surface area contributed by atoms with E-state index in [-0.39, 0.29) is 5.54 Å². The van der Waals surface area contributed by atoms with E-state index in [1.165, 1.54) is 0 Å². The summed E-state index contributed by atoms with van der Waals surface area (Å²) in [7, 11) is 4.04. The van der Waals surface area contributed by atoms with Crippen LogP contribution in [0.15, 0.2) is 0 Å². The number of nitrogens with zero attached hydrogens (tertiary/aromatic N) is 1. The molecule has 0 aromatic rings. The van der Waals surface area contributed by atoms with Gasteiger partial charge < -0.3 is 15.4 Å². The van der Waals surface area contributed by atoms with E-state index >= 15 is 0 Å². The lowest BCUT2D eigenvalue weighted by molar-refractivity contribution is 0.0366. The Hall–Kier alpha value is -0.120. The van der Waals surface area contributed by atoms with Gasteiger partial charge in [-0.1, -0.05) is 0 Å². The van der Waals surface area contributed by atoms with Gasteiger partial charge in [0.15, 0.2) is 0 Å². The molecule has 11 heavy (non-hydrogen) atoms. The fraction of sp³-hybridized carbons (Fsp3) is 1.00. The van der Waals surface area contributed by atoms with E-state index in [2.05, 4.69) is 11.8 Å². The first-order valence-corrected chi connectivity index (χ1v) is 4.02. The van der Waals surface area contributed by atoms with Crippen molar-refractivity contribution in [3.63, 3.8) is 0 Å². The molecule has 0 aromatic carbocycles. The molecule has 3 nitrogen and oxygen atoms in total. The van der Waals surface area contributed by atoms with Crippen molar-refractivity contribution in [3.05, 3.63) is 0 Å². The molecule has 68 valence electrons. The largest absolute Gasteiger partial charge is 0.380 e. The molecule has 0 aromatic heterocycles. The molecule has 0 bridgehead atoms. The van der Waals surface area contributed by atoms with Crippen LogP contribution in [0.4, 0.5) is 0 Å². The monoisotopic (exact) mass is 160 g/mol. The second-order valence-electron chi connectivity index (χ2n) is 3.23. The average Bonchev–Trinajstić information content (AvgIpc) is 2.00. The molecule has 0 heterocycles. The van der Waals surface area contributed by atoms with Gasteiger partial charge in [-0.3, -0.25) is 0 Å². The number of nitrogens with two attached hydrogens (primary N) is 1. The summed E-state index contributed by atoms with van der Waals surface area (Å²) in [6.45, 7) is 6.17. The molecule has 0 aliphatic heterocycles. The highest BCUT2D eigenvalue weighted by atomic mass is 16.5. The Bertz CT molecular complexity index is 106. The number of rotatable bonds is 5. The molecule has 0 radical (unpaired) electrons. The quantitative estimate of drug-likeness (QED) is 0.628. The predicted molar refractivity (Wildman–Crippen MR) is 47.6 cm³/mol. The van der Waals surface area contributed by atoms with E-state index in [4.69, 9.17) is 10.5 Å². The van der Waals surface area contributed by atoms with Crippen molar-refractivity contribution in [2.75, 3.05) is 33.9 Å². The third kappa shape index (κ3) is 3.18. The number of hydrogen-bond acceptors (Lipinski definition) is 3. The third-order valence-corrected chi connectivity index (χ3v) is 2.14. The Morgan fingerprint density at radius 2 is 2.00 bits per heavy atom. The lowest BCUT2D eigenvalue weighted by Crippen LogP contribution is -2.51. The van der Waals surface area contributed by atoms with Crippen molar-refractivity contribution < 1.29 is 4.74 Å². The van der Waals surface area contributed by atoms with Crippen LogP contribution in [0.5, 0.6) is 0 Å². The minimum atomic E-state index is -0.0178. The second kappa shape index (κ2) is 4.70. The van der Waals surface area contributed by atoms with Gasteiger partial charge in [0, 0.05) is 13.2 Å². The topological polar surface area (TPSA) is 38.5 Å². The molecule has 0 spiro atoms. The Morgan fingerprint density at radius 3 is 2.27 bits per heavy atom. The lowest BCUT2D eigenvalue weighted by atomic mass is 10.0. The average molecular weight is 160 g/mol. The summed E-state index contributed by atoms with van der Waals surface area (Å²) in [5, 5.41) is 0. The molecule has 3 heteroatoms. The Labute approximate surface area is 69.5 Å². The zero-order chi connectivity index (χ0) is 8.91. The lowest BCUT2D eigenvalue weighted by Gasteiger charge is -2.34. The van der Waals surface area contributed by atoms with Gasteiger partial charge in [0.1, 0.15) is 0 Å². The SMILES string of the molecule is CCOCC(C)(CN)N(C)C. The maximum absolute atomic E-state index is 5.63. The van der Waals surface area contributed by atoms with Crippen LogP contribution in [-0.2, 0) is 4.74 Å². The van der Waals surface area contributed by atoms with E-state index in [0.29, 0.717) is 13.2 Å². The first-order chi connectivity index (χ1) is 5.06. The first-order valence-electron chi connectivity index (χ1n) is 4.02. The van der Waals surface area contributed by atoms with Crippen molar-refractivity contribution in [3.8, 4) is 0 Å². The van der Waals surface area contributed by atoms with Crippen LogP contribution in [0.2, 0.25) is 0 Å². The molecule has 0 rings (SSSR count). The highest BCUT2D eigenvalue weighted by Gasteiger charge is 2.24. The number of hydrogen-bond donors (Lipinski definition) is 1. The number of likely N-dealkylation sites (N-methyl/N-ethyl adjacent to an activating group) is 1. The summed E-state index contributed by atoms with van der Waals surface area (Å²) in [5.41, 5.74) is 5.61. The Balaban J connectivity index is 3.88. The van der Waals surface area contributed by atoms with Crippen molar-refractivity contribution in [1.82, 2.24) is 4.90 Å². The number of ether oxygens (including phenoxy) is 1. The molecule has 0 aliphatic carbocycles. The third-order valence-electron chi connectivity index (χ3n) is 2.14. The van der Waals surface area contributed by atoms with E-state index in [1.54, 1.807) is 0 Å². The van der Waals surface area contributed by atoms with Gasteiger partial charge in [0.25, 0.3) is 0 Å². The van der Waals surface area contributed by atoms with Gasteiger partial charge in [-0.25, -0.2) is 0 Å². The molecule has 0 saturated heterocycles. The van der Waals surface area contributed by atoms with Crippen LogP contribution >= 0.6 is 0 Å². The Kier molecular flexibility index (Phi) is 4.65. The second-order valence-corrected chi connectivity index (χ2v) is 3.23. The smallest absolute Gasteiger partial charge is 0.0659 e. The first kappa shape index (κ1) is 10.9. The van der Waals surface area contributed by atoms with Gasteiger partial charge in [-0.2, -0.15) is 0 Å². The molecule has 1 atom stereocenters. The van der Waals surface area contributed by atoms with E-state index in [0.717, 1.165) is 6.61 Å². The maximum Gasteiger partial charge on any atom is 0.0659 e. The van der Waals surface area contributed by atoms with E-state index in [1.807, 2.05) is 21.0 Å².